The van der Waals surface area contributed by atoms with Crippen LogP contribution in [0.25, 0.3) is 21.2 Å². The molecule has 114 valence electrons. The summed E-state index contributed by atoms with van der Waals surface area (Å²) < 4.78 is 11.9. The Kier molecular flexibility index (Phi) is 3.28. The van der Waals surface area contributed by atoms with Gasteiger partial charge in [-0.1, -0.05) is 11.6 Å². The quantitative estimate of drug-likeness (QED) is 0.499. The number of hydrogen-bond donors (Lipinski definition) is 0. The highest BCUT2D eigenvalue weighted by atomic mass is 35.5. The van der Waals surface area contributed by atoms with Gasteiger partial charge in [0.15, 0.2) is 5.75 Å². The van der Waals surface area contributed by atoms with Crippen molar-refractivity contribution in [3.8, 4) is 11.6 Å². The van der Waals surface area contributed by atoms with Crippen molar-refractivity contribution in [3.63, 3.8) is 0 Å². The van der Waals surface area contributed by atoms with Crippen LogP contribution in [-0.2, 0) is 0 Å². The topological polar surface area (TPSA) is 65.2 Å². The first-order chi connectivity index (χ1) is 11.1. The fourth-order valence-corrected chi connectivity index (χ4v) is 3.31. The van der Waals surface area contributed by atoms with Crippen LogP contribution in [0.4, 0.5) is 0 Å². The van der Waals surface area contributed by atoms with Crippen LogP contribution in [0, 0.1) is 6.92 Å². The van der Waals surface area contributed by atoms with Crippen LogP contribution in [0.2, 0.25) is 5.02 Å². The number of hydrogen-bond acceptors (Lipinski definition) is 6. The first-order valence-electron chi connectivity index (χ1n) is 6.72. The Morgan fingerprint density at radius 1 is 1.26 bits per heavy atom. The molecule has 5 nitrogen and oxygen atoms in total. The highest BCUT2D eigenvalue weighted by molar-refractivity contribution is 7.17. The maximum atomic E-state index is 11.5. The van der Waals surface area contributed by atoms with Gasteiger partial charge in [0, 0.05) is 17.5 Å². The second-order valence-corrected chi connectivity index (χ2v) is 6.27. The Hall–Kier alpha value is -2.44. The molecule has 0 aliphatic rings. The summed E-state index contributed by atoms with van der Waals surface area (Å²) in [7, 11) is 0. The van der Waals surface area contributed by atoms with Crippen LogP contribution in [-0.4, -0.2) is 9.97 Å². The molecular formula is C16H9ClN2O3S. The van der Waals surface area contributed by atoms with Gasteiger partial charge < -0.3 is 9.15 Å². The number of aryl methyl sites for hydroxylation is 1. The minimum Gasteiger partial charge on any atom is -0.436 e. The zero-order valence-corrected chi connectivity index (χ0v) is 13.4. The van der Waals surface area contributed by atoms with Gasteiger partial charge in [0.1, 0.15) is 16.6 Å². The van der Waals surface area contributed by atoms with E-state index in [2.05, 4.69) is 9.97 Å². The first kappa shape index (κ1) is 14.2. The van der Waals surface area contributed by atoms with Gasteiger partial charge in [-0.3, -0.25) is 0 Å². The number of benzene rings is 1. The highest BCUT2D eigenvalue weighted by Gasteiger charge is 2.13. The molecule has 4 rings (SSSR count). The average molecular weight is 345 g/mol. The van der Waals surface area contributed by atoms with E-state index in [9.17, 15) is 4.79 Å². The van der Waals surface area contributed by atoms with E-state index in [4.69, 9.17) is 20.8 Å². The zero-order chi connectivity index (χ0) is 16.0. The Bertz CT molecular complexity index is 1100. The smallest absolute Gasteiger partial charge is 0.336 e. The van der Waals surface area contributed by atoms with E-state index in [1.165, 1.54) is 23.7 Å². The molecule has 7 heteroatoms. The Labute approximate surface area is 139 Å². The van der Waals surface area contributed by atoms with Crippen molar-refractivity contribution in [2.24, 2.45) is 0 Å². The van der Waals surface area contributed by atoms with Gasteiger partial charge in [-0.15, -0.1) is 11.3 Å². The third-order valence-corrected chi connectivity index (χ3v) is 4.61. The fraction of sp³-hybridized carbons (Fsp3) is 0.0625. The van der Waals surface area contributed by atoms with E-state index in [1.807, 2.05) is 18.4 Å². The highest BCUT2D eigenvalue weighted by Crippen LogP contribution is 2.36. The molecule has 0 bridgehead atoms. The number of thiophene rings is 1. The Morgan fingerprint density at radius 3 is 3.00 bits per heavy atom. The average Bonchev–Trinajstić information content (AvgIpc) is 2.98. The third-order valence-electron chi connectivity index (χ3n) is 3.42. The van der Waals surface area contributed by atoms with E-state index in [-0.39, 0.29) is 0 Å². The van der Waals surface area contributed by atoms with Gasteiger partial charge >= 0.3 is 5.63 Å². The Balaban J connectivity index is 1.87. The second-order valence-electron chi connectivity index (χ2n) is 4.94. The van der Waals surface area contributed by atoms with Crippen molar-refractivity contribution < 1.29 is 9.15 Å². The summed E-state index contributed by atoms with van der Waals surface area (Å²) in [5.74, 6) is 0.794. The Morgan fingerprint density at radius 2 is 2.13 bits per heavy atom. The van der Waals surface area contributed by atoms with E-state index in [0.29, 0.717) is 22.2 Å². The van der Waals surface area contributed by atoms with Crippen LogP contribution in [0.15, 0.2) is 45.2 Å². The molecule has 0 spiro atoms. The number of fused-ring (bicyclic) bond motifs is 2. The maximum absolute atomic E-state index is 11.5. The molecule has 0 aliphatic heterocycles. The first-order valence-corrected chi connectivity index (χ1v) is 7.97. The second kappa shape index (κ2) is 5.33. The fourth-order valence-electron chi connectivity index (χ4n) is 2.34. The minimum atomic E-state index is -0.411. The summed E-state index contributed by atoms with van der Waals surface area (Å²) >= 11 is 7.79. The molecule has 0 fully saturated rings. The van der Waals surface area contributed by atoms with Gasteiger partial charge in [0.25, 0.3) is 0 Å². The van der Waals surface area contributed by atoms with Crippen molar-refractivity contribution in [2.75, 3.05) is 0 Å². The molecule has 3 aromatic heterocycles. The summed E-state index contributed by atoms with van der Waals surface area (Å²) in [5.41, 5.74) is 1.61. The number of nitrogens with zero attached hydrogens (tertiary/aromatic N) is 2. The lowest BCUT2D eigenvalue weighted by atomic mass is 10.1. The molecule has 4 aromatic rings. The molecule has 0 aliphatic carbocycles. The lowest BCUT2D eigenvalue weighted by Crippen LogP contribution is -1.98. The van der Waals surface area contributed by atoms with E-state index in [1.54, 1.807) is 12.1 Å². The molecule has 0 atom stereocenters. The molecule has 0 radical (unpaired) electrons. The van der Waals surface area contributed by atoms with Gasteiger partial charge in [0.05, 0.1) is 10.5 Å². The van der Waals surface area contributed by atoms with Crippen LogP contribution in [0.5, 0.6) is 11.6 Å². The largest absolute Gasteiger partial charge is 0.436 e. The summed E-state index contributed by atoms with van der Waals surface area (Å²) in [5, 5.41) is 3.10. The van der Waals surface area contributed by atoms with E-state index >= 15 is 0 Å². The molecule has 0 saturated heterocycles. The van der Waals surface area contributed by atoms with Gasteiger partial charge in [-0.25, -0.2) is 14.8 Å². The number of aromatic nitrogens is 2. The van der Waals surface area contributed by atoms with Crippen molar-refractivity contribution in [1.29, 1.82) is 0 Å². The number of ether oxygens (including phenoxy) is 1. The zero-order valence-electron chi connectivity index (χ0n) is 11.9. The standard InChI is InChI=1S/C16H9ClN2O3S/c1-8-4-14(20)21-12-6-13(10(17)5-9(8)12)22-16-15-11(2-3-23-15)18-7-19-16/h2-7H,1H3. The monoisotopic (exact) mass is 344 g/mol. The summed E-state index contributed by atoms with van der Waals surface area (Å²) in [6.07, 6.45) is 1.43. The molecule has 23 heavy (non-hydrogen) atoms. The van der Waals surface area contributed by atoms with Crippen molar-refractivity contribution in [3.05, 3.63) is 57.0 Å². The van der Waals surface area contributed by atoms with Crippen LogP contribution in [0.1, 0.15) is 5.56 Å². The lowest BCUT2D eigenvalue weighted by Gasteiger charge is -2.09. The summed E-state index contributed by atoms with van der Waals surface area (Å²) in [6, 6.07) is 6.64. The predicted molar refractivity (Wildman–Crippen MR) is 89.7 cm³/mol. The van der Waals surface area contributed by atoms with E-state index < -0.39 is 5.63 Å². The number of halogens is 1. The maximum Gasteiger partial charge on any atom is 0.336 e. The third kappa shape index (κ3) is 2.46. The SMILES string of the molecule is Cc1cc(=O)oc2cc(Oc3ncnc4ccsc34)c(Cl)cc12. The molecule has 0 unspecified atom stereocenters. The van der Waals surface area contributed by atoms with Crippen molar-refractivity contribution in [2.45, 2.75) is 6.92 Å². The normalized spacial score (nSPS) is 11.2. The summed E-state index contributed by atoms with van der Waals surface area (Å²) in [4.78, 5) is 19.9. The molecule has 0 amide bonds. The van der Waals surface area contributed by atoms with Gasteiger partial charge in [-0.05, 0) is 30.0 Å². The van der Waals surface area contributed by atoms with Crippen molar-refractivity contribution >= 4 is 44.1 Å². The molecule has 3 heterocycles. The van der Waals surface area contributed by atoms with Gasteiger partial charge in [0.2, 0.25) is 5.88 Å². The van der Waals surface area contributed by atoms with Crippen molar-refractivity contribution in [1.82, 2.24) is 9.97 Å². The lowest BCUT2D eigenvalue weighted by molar-refractivity contribution is 0.467. The van der Waals surface area contributed by atoms with Crippen LogP contribution < -0.4 is 10.4 Å². The molecule has 1 aromatic carbocycles. The van der Waals surface area contributed by atoms with E-state index in [0.717, 1.165) is 21.2 Å². The molecule has 0 saturated carbocycles. The molecular weight excluding hydrogens is 336 g/mol. The summed E-state index contributed by atoms with van der Waals surface area (Å²) in [6.45, 7) is 1.83. The number of rotatable bonds is 2. The van der Waals surface area contributed by atoms with Gasteiger partial charge in [-0.2, -0.15) is 0 Å². The van der Waals surface area contributed by atoms with Crippen LogP contribution in [0.3, 0.4) is 0 Å². The predicted octanol–water partition coefficient (Wildman–Crippen LogP) is 4.55. The minimum absolute atomic E-state index is 0.376. The molecule has 0 N–H and O–H groups in total. The van der Waals surface area contributed by atoms with Crippen LogP contribution >= 0.6 is 22.9 Å².